The van der Waals surface area contributed by atoms with Gasteiger partial charge in [-0.05, 0) is 49.0 Å². The Balaban J connectivity index is 1.49. The first-order valence-electron chi connectivity index (χ1n) is 14.0. The molecule has 0 unspecified atom stereocenters. The van der Waals surface area contributed by atoms with Gasteiger partial charge in [-0.1, -0.05) is 116 Å². The molecule has 2 saturated heterocycles. The van der Waals surface area contributed by atoms with Crippen LogP contribution >= 0.6 is 11.8 Å². The van der Waals surface area contributed by atoms with Crippen LogP contribution < -0.4 is 0 Å². The predicted molar refractivity (Wildman–Crippen MR) is 162 cm³/mol. The molecular formula is C34H38N2O2S. The Morgan fingerprint density at radius 3 is 1.95 bits per heavy atom. The van der Waals surface area contributed by atoms with Crippen molar-refractivity contribution >= 4 is 17.9 Å². The van der Waals surface area contributed by atoms with Crippen LogP contribution in [-0.4, -0.2) is 60.0 Å². The third-order valence-corrected chi connectivity index (χ3v) is 9.40. The van der Waals surface area contributed by atoms with Crippen LogP contribution in [0.1, 0.15) is 36.0 Å². The van der Waals surface area contributed by atoms with E-state index in [2.05, 4.69) is 115 Å². The maximum absolute atomic E-state index is 13.2. The van der Waals surface area contributed by atoms with Gasteiger partial charge in [-0.2, -0.15) is 0 Å². The van der Waals surface area contributed by atoms with E-state index in [9.17, 15) is 4.79 Å². The number of hydrogen-bond donors (Lipinski definition) is 0. The minimum Gasteiger partial charge on any atom is -0.445 e. The topological polar surface area (TPSA) is 32.8 Å². The zero-order chi connectivity index (χ0) is 26.9. The van der Waals surface area contributed by atoms with Crippen molar-refractivity contribution in [3.05, 3.63) is 132 Å². The van der Waals surface area contributed by atoms with Gasteiger partial charge < -0.3 is 9.64 Å². The van der Waals surface area contributed by atoms with E-state index >= 15 is 0 Å². The molecule has 0 aliphatic carbocycles. The molecule has 39 heavy (non-hydrogen) atoms. The van der Waals surface area contributed by atoms with Crippen LogP contribution in [0.2, 0.25) is 0 Å². The molecule has 0 N–H and O–H groups in total. The number of rotatable bonds is 10. The Kier molecular flexibility index (Phi) is 9.23. The van der Waals surface area contributed by atoms with E-state index in [1.165, 1.54) is 29.5 Å². The second-order valence-corrected chi connectivity index (χ2v) is 11.8. The monoisotopic (exact) mass is 538 g/mol. The largest absolute Gasteiger partial charge is 0.445 e. The van der Waals surface area contributed by atoms with Gasteiger partial charge in [-0.15, -0.1) is 11.8 Å². The van der Waals surface area contributed by atoms with Crippen molar-refractivity contribution in [2.45, 2.75) is 35.3 Å². The molecule has 2 heterocycles. The Hall–Kier alpha value is -3.28. The molecule has 0 saturated carbocycles. The summed E-state index contributed by atoms with van der Waals surface area (Å²) in [6.07, 6.45) is 9.26. The molecular weight excluding hydrogens is 500 g/mol. The molecule has 3 aromatic carbocycles. The average molecular weight is 539 g/mol. The lowest BCUT2D eigenvalue weighted by atomic mass is 9.84. The van der Waals surface area contributed by atoms with Crippen LogP contribution in [0.5, 0.6) is 0 Å². The molecule has 0 bridgehead atoms. The minimum atomic E-state index is -0.417. The lowest BCUT2D eigenvalue weighted by molar-refractivity contribution is 0.114. The molecule has 2 fully saturated rings. The second kappa shape index (κ2) is 13.2. The molecule has 5 rings (SSSR count). The van der Waals surface area contributed by atoms with E-state index in [4.69, 9.17) is 4.74 Å². The van der Waals surface area contributed by atoms with E-state index in [1.807, 2.05) is 16.7 Å². The molecule has 0 aromatic heterocycles. The highest BCUT2D eigenvalue weighted by molar-refractivity contribution is 8.01. The third-order valence-electron chi connectivity index (χ3n) is 7.67. The van der Waals surface area contributed by atoms with E-state index in [1.54, 1.807) is 6.08 Å². The van der Waals surface area contributed by atoms with Crippen LogP contribution in [0, 0.1) is 0 Å². The molecule has 1 amide bonds. The van der Waals surface area contributed by atoms with E-state index in [-0.39, 0.29) is 24.0 Å². The van der Waals surface area contributed by atoms with Crippen LogP contribution in [0.25, 0.3) is 0 Å². The second-order valence-electron chi connectivity index (χ2n) is 10.3. The standard InChI is InChI=1S/C34H38N2O2S/c1-2-25-38-33(37)36-27-32(26-31(36)21-14-24-35-22-12-13-23-35)39-34(28-15-6-3-7-16-28,29-17-8-4-9-18-29)30-19-10-5-11-20-30/h2-11,14-21,31-32H,1,12-13,22-27H2/b21-14-/t31-,32+/m1/s1. The van der Waals surface area contributed by atoms with Crippen molar-refractivity contribution in [2.24, 2.45) is 0 Å². The first kappa shape index (κ1) is 27.3. The van der Waals surface area contributed by atoms with Crippen LogP contribution in [0.4, 0.5) is 4.79 Å². The van der Waals surface area contributed by atoms with Gasteiger partial charge >= 0.3 is 6.09 Å². The van der Waals surface area contributed by atoms with E-state index < -0.39 is 4.75 Å². The SMILES string of the molecule is C=CCOC(=O)N1C[C@@H](SC(c2ccccc2)(c2ccccc2)c2ccccc2)C[C@H]1/C=C\CN1CCCC1. The summed E-state index contributed by atoms with van der Waals surface area (Å²) < 4.78 is 5.12. The first-order chi connectivity index (χ1) is 19.2. The summed E-state index contributed by atoms with van der Waals surface area (Å²) in [7, 11) is 0. The van der Waals surface area contributed by atoms with Crippen molar-refractivity contribution in [3.8, 4) is 0 Å². The molecule has 5 heteroatoms. The summed E-state index contributed by atoms with van der Waals surface area (Å²) in [5.41, 5.74) is 3.71. The number of carbonyl (C=O) groups excluding carboxylic acids is 1. The van der Waals surface area contributed by atoms with Gasteiger partial charge in [-0.25, -0.2) is 4.79 Å². The fourth-order valence-corrected chi connectivity index (χ4v) is 7.67. The Labute approximate surface area is 237 Å². The fourth-order valence-electron chi connectivity index (χ4n) is 5.82. The van der Waals surface area contributed by atoms with E-state index in [0.29, 0.717) is 6.54 Å². The number of nitrogens with zero attached hydrogens (tertiary/aromatic N) is 2. The van der Waals surface area contributed by atoms with Gasteiger partial charge in [0.15, 0.2) is 0 Å². The summed E-state index contributed by atoms with van der Waals surface area (Å²) in [5.74, 6) is 0. The van der Waals surface area contributed by atoms with Gasteiger partial charge in [0.25, 0.3) is 0 Å². The third kappa shape index (κ3) is 6.32. The molecule has 2 aliphatic rings. The van der Waals surface area contributed by atoms with Crippen LogP contribution in [0.3, 0.4) is 0 Å². The molecule has 202 valence electrons. The van der Waals surface area contributed by atoms with Gasteiger partial charge in [0.05, 0.1) is 10.8 Å². The molecule has 0 radical (unpaired) electrons. The number of ether oxygens (including phenoxy) is 1. The number of amides is 1. The normalized spacial score (nSPS) is 19.9. The zero-order valence-electron chi connectivity index (χ0n) is 22.5. The number of hydrogen-bond acceptors (Lipinski definition) is 4. The van der Waals surface area contributed by atoms with Gasteiger partial charge in [0.1, 0.15) is 6.61 Å². The Morgan fingerprint density at radius 2 is 1.44 bits per heavy atom. The highest BCUT2D eigenvalue weighted by Crippen LogP contribution is 2.52. The lowest BCUT2D eigenvalue weighted by Crippen LogP contribution is -2.36. The molecule has 4 nitrogen and oxygen atoms in total. The van der Waals surface area contributed by atoms with Crippen LogP contribution in [-0.2, 0) is 9.48 Å². The fraction of sp³-hybridized carbons (Fsp3) is 0.324. The molecule has 2 atom stereocenters. The summed E-state index contributed by atoms with van der Waals surface area (Å²) in [4.78, 5) is 17.5. The Bertz CT molecular complexity index is 1130. The smallest absolute Gasteiger partial charge is 0.410 e. The minimum absolute atomic E-state index is 0.00226. The number of carbonyl (C=O) groups is 1. The van der Waals surface area contributed by atoms with Gasteiger partial charge in [-0.3, -0.25) is 4.90 Å². The molecule has 0 spiro atoms. The van der Waals surface area contributed by atoms with Gasteiger partial charge in [0, 0.05) is 18.3 Å². The van der Waals surface area contributed by atoms with Crippen molar-refractivity contribution in [3.63, 3.8) is 0 Å². The number of benzene rings is 3. The summed E-state index contributed by atoms with van der Waals surface area (Å²) in [6.45, 7) is 7.83. The van der Waals surface area contributed by atoms with Gasteiger partial charge in [0.2, 0.25) is 0 Å². The number of likely N-dealkylation sites (tertiary alicyclic amines) is 2. The summed E-state index contributed by atoms with van der Waals surface area (Å²) >= 11 is 1.95. The van der Waals surface area contributed by atoms with Crippen molar-refractivity contribution in [2.75, 3.05) is 32.8 Å². The lowest BCUT2D eigenvalue weighted by Gasteiger charge is -2.37. The maximum atomic E-state index is 13.2. The Morgan fingerprint density at radius 1 is 0.897 bits per heavy atom. The molecule has 2 aliphatic heterocycles. The van der Waals surface area contributed by atoms with Crippen LogP contribution in [0.15, 0.2) is 116 Å². The maximum Gasteiger partial charge on any atom is 0.410 e. The average Bonchev–Trinajstić information content (AvgIpc) is 3.66. The molecule has 3 aromatic rings. The highest BCUT2D eigenvalue weighted by atomic mass is 32.2. The van der Waals surface area contributed by atoms with Crippen molar-refractivity contribution in [1.29, 1.82) is 0 Å². The van der Waals surface area contributed by atoms with Crippen molar-refractivity contribution < 1.29 is 9.53 Å². The summed E-state index contributed by atoms with van der Waals surface area (Å²) in [5, 5.41) is 0.211. The van der Waals surface area contributed by atoms with Crippen molar-refractivity contribution in [1.82, 2.24) is 9.80 Å². The predicted octanol–water partition coefficient (Wildman–Crippen LogP) is 7.13. The highest BCUT2D eigenvalue weighted by Gasteiger charge is 2.44. The summed E-state index contributed by atoms with van der Waals surface area (Å²) in [6, 6.07) is 32.3. The zero-order valence-corrected chi connectivity index (χ0v) is 23.3. The first-order valence-corrected chi connectivity index (χ1v) is 14.9. The van der Waals surface area contributed by atoms with E-state index in [0.717, 1.165) is 26.1 Å². The quantitative estimate of drug-likeness (QED) is 0.203. The number of thioether (sulfide) groups is 1.